The first-order chi connectivity index (χ1) is 5.84. The molecule has 72 valence electrons. The lowest BCUT2D eigenvalue weighted by Gasteiger charge is -2.01. The van der Waals surface area contributed by atoms with E-state index in [1.165, 1.54) is 13.1 Å². The second kappa shape index (κ2) is 2.86. The lowest BCUT2D eigenvalue weighted by Crippen LogP contribution is -2.17. The highest BCUT2D eigenvalue weighted by molar-refractivity contribution is 7.89. The number of hydrogen-bond donors (Lipinski definition) is 2. The van der Waals surface area contributed by atoms with Gasteiger partial charge < -0.3 is 9.67 Å². The molecular formula is C6H8N2O4S. The van der Waals surface area contributed by atoms with Crippen molar-refractivity contribution in [2.24, 2.45) is 12.2 Å². The summed E-state index contributed by atoms with van der Waals surface area (Å²) in [6.07, 6.45) is 0. The number of primary sulfonamides is 1. The van der Waals surface area contributed by atoms with Crippen molar-refractivity contribution in [2.45, 2.75) is 5.03 Å². The summed E-state index contributed by atoms with van der Waals surface area (Å²) in [5, 5.41) is 13.2. The van der Waals surface area contributed by atoms with Crippen LogP contribution in [0.2, 0.25) is 0 Å². The van der Waals surface area contributed by atoms with Gasteiger partial charge in [-0.2, -0.15) is 0 Å². The summed E-state index contributed by atoms with van der Waals surface area (Å²) in [5.74, 6) is -1.20. The third-order valence-corrected chi connectivity index (χ3v) is 2.58. The standard InChI is InChI=1S/C6H8N2O4S/c1-8-4(6(9)10)2-3-5(8)13(7,11)12/h2-3H,1H3,(H,9,10)(H2,7,11,12). The molecule has 0 aromatic carbocycles. The minimum Gasteiger partial charge on any atom is -0.477 e. The Hall–Kier alpha value is -1.34. The fourth-order valence-corrected chi connectivity index (χ4v) is 1.73. The maximum absolute atomic E-state index is 10.9. The molecule has 0 aliphatic rings. The number of nitrogens with two attached hydrogens (primary N) is 1. The number of nitrogens with zero attached hydrogens (tertiary/aromatic N) is 1. The monoisotopic (exact) mass is 204 g/mol. The van der Waals surface area contributed by atoms with Crippen LogP contribution in [0.3, 0.4) is 0 Å². The Bertz CT molecular complexity index is 445. The number of hydrogen-bond acceptors (Lipinski definition) is 3. The van der Waals surface area contributed by atoms with Gasteiger partial charge in [-0.1, -0.05) is 0 Å². The van der Waals surface area contributed by atoms with E-state index >= 15 is 0 Å². The topological polar surface area (TPSA) is 102 Å². The highest BCUT2D eigenvalue weighted by Crippen LogP contribution is 2.10. The normalized spacial score (nSPS) is 11.5. The highest BCUT2D eigenvalue weighted by atomic mass is 32.2. The van der Waals surface area contributed by atoms with Crippen LogP contribution in [-0.4, -0.2) is 24.1 Å². The molecule has 0 saturated heterocycles. The van der Waals surface area contributed by atoms with Gasteiger partial charge in [0.15, 0.2) is 5.03 Å². The number of carbonyl (C=O) groups is 1. The van der Waals surface area contributed by atoms with Gasteiger partial charge in [0.25, 0.3) is 10.0 Å². The van der Waals surface area contributed by atoms with E-state index in [0.717, 1.165) is 10.6 Å². The van der Waals surface area contributed by atoms with Gasteiger partial charge in [0.1, 0.15) is 5.69 Å². The second-order valence-corrected chi connectivity index (χ2v) is 3.97. The molecule has 7 heteroatoms. The summed E-state index contributed by atoms with van der Waals surface area (Å²) >= 11 is 0. The summed E-state index contributed by atoms with van der Waals surface area (Å²) in [6, 6.07) is 2.33. The van der Waals surface area contributed by atoms with Crippen LogP contribution in [-0.2, 0) is 17.1 Å². The molecule has 1 rings (SSSR count). The molecule has 0 aliphatic heterocycles. The summed E-state index contributed by atoms with van der Waals surface area (Å²) in [7, 11) is -2.52. The zero-order valence-electron chi connectivity index (χ0n) is 6.76. The van der Waals surface area contributed by atoms with Gasteiger partial charge >= 0.3 is 5.97 Å². The van der Waals surface area contributed by atoms with Crippen molar-refractivity contribution < 1.29 is 18.3 Å². The number of aromatic nitrogens is 1. The average Bonchev–Trinajstić information content (AvgIpc) is 2.28. The van der Waals surface area contributed by atoms with Crippen molar-refractivity contribution in [2.75, 3.05) is 0 Å². The fraction of sp³-hybridized carbons (Fsp3) is 0.167. The van der Waals surface area contributed by atoms with Crippen LogP contribution in [0.4, 0.5) is 0 Å². The maximum atomic E-state index is 10.9. The largest absolute Gasteiger partial charge is 0.477 e. The van der Waals surface area contributed by atoms with Crippen LogP contribution in [0.5, 0.6) is 0 Å². The van der Waals surface area contributed by atoms with Gasteiger partial charge in [-0.05, 0) is 12.1 Å². The smallest absolute Gasteiger partial charge is 0.352 e. The van der Waals surface area contributed by atoms with Crippen LogP contribution < -0.4 is 5.14 Å². The highest BCUT2D eigenvalue weighted by Gasteiger charge is 2.17. The van der Waals surface area contributed by atoms with E-state index in [1.54, 1.807) is 0 Å². The number of carboxylic acid groups (broad SMARTS) is 1. The van der Waals surface area contributed by atoms with Crippen LogP contribution in [0, 0.1) is 0 Å². The predicted octanol–water partition coefficient (Wildman–Crippen LogP) is -0.629. The summed E-state index contributed by atoms with van der Waals surface area (Å²) in [6.45, 7) is 0. The Labute approximate surface area is 74.6 Å². The SMILES string of the molecule is Cn1c(C(=O)O)ccc1S(N)(=O)=O. The summed E-state index contributed by atoms with van der Waals surface area (Å²) in [4.78, 5) is 10.5. The Morgan fingerprint density at radius 2 is 2.08 bits per heavy atom. The first-order valence-corrected chi connectivity index (χ1v) is 4.80. The van der Waals surface area contributed by atoms with Crippen LogP contribution in [0.25, 0.3) is 0 Å². The summed E-state index contributed by atoms with van der Waals surface area (Å²) in [5.41, 5.74) is -0.121. The molecule has 1 heterocycles. The number of aromatic carboxylic acids is 1. The molecule has 0 aliphatic carbocycles. The quantitative estimate of drug-likeness (QED) is 0.669. The molecule has 0 bridgehead atoms. The molecule has 0 amide bonds. The van der Waals surface area contributed by atoms with E-state index < -0.39 is 16.0 Å². The van der Waals surface area contributed by atoms with Gasteiger partial charge in [-0.15, -0.1) is 0 Å². The van der Waals surface area contributed by atoms with Crippen LogP contribution in [0.1, 0.15) is 10.5 Å². The third-order valence-electron chi connectivity index (χ3n) is 1.59. The van der Waals surface area contributed by atoms with E-state index in [2.05, 4.69) is 0 Å². The molecule has 0 fully saturated rings. The van der Waals surface area contributed by atoms with Crippen molar-refractivity contribution in [1.29, 1.82) is 0 Å². The van der Waals surface area contributed by atoms with E-state index in [4.69, 9.17) is 10.2 Å². The van der Waals surface area contributed by atoms with E-state index in [1.807, 2.05) is 0 Å². The molecule has 6 nitrogen and oxygen atoms in total. The fourth-order valence-electron chi connectivity index (χ4n) is 0.993. The Kier molecular flexibility index (Phi) is 2.14. The molecular weight excluding hydrogens is 196 g/mol. The van der Waals surface area contributed by atoms with Crippen molar-refractivity contribution in [3.05, 3.63) is 17.8 Å². The molecule has 13 heavy (non-hydrogen) atoms. The molecule has 1 aromatic rings. The van der Waals surface area contributed by atoms with E-state index in [-0.39, 0.29) is 10.7 Å². The Balaban J connectivity index is 3.39. The Morgan fingerprint density at radius 3 is 2.31 bits per heavy atom. The number of carboxylic acids is 1. The van der Waals surface area contributed by atoms with Crippen LogP contribution in [0.15, 0.2) is 17.2 Å². The first-order valence-electron chi connectivity index (χ1n) is 3.26. The number of rotatable bonds is 2. The van der Waals surface area contributed by atoms with Crippen molar-refractivity contribution in [3.8, 4) is 0 Å². The van der Waals surface area contributed by atoms with E-state index in [0.29, 0.717) is 0 Å². The van der Waals surface area contributed by atoms with Crippen LogP contribution >= 0.6 is 0 Å². The van der Waals surface area contributed by atoms with Crippen molar-refractivity contribution >= 4 is 16.0 Å². The first kappa shape index (κ1) is 9.75. The zero-order chi connectivity index (χ0) is 10.2. The van der Waals surface area contributed by atoms with Gasteiger partial charge in [-0.25, -0.2) is 18.4 Å². The lowest BCUT2D eigenvalue weighted by atomic mass is 10.4. The number of sulfonamides is 1. The predicted molar refractivity (Wildman–Crippen MR) is 43.7 cm³/mol. The Morgan fingerprint density at radius 1 is 1.54 bits per heavy atom. The minimum absolute atomic E-state index is 0.121. The van der Waals surface area contributed by atoms with E-state index in [9.17, 15) is 13.2 Å². The molecule has 0 atom stereocenters. The average molecular weight is 204 g/mol. The minimum atomic E-state index is -3.85. The van der Waals surface area contributed by atoms with Crippen molar-refractivity contribution in [3.63, 3.8) is 0 Å². The molecule has 0 unspecified atom stereocenters. The van der Waals surface area contributed by atoms with Gasteiger partial charge in [0, 0.05) is 7.05 Å². The lowest BCUT2D eigenvalue weighted by molar-refractivity contribution is 0.0685. The zero-order valence-corrected chi connectivity index (χ0v) is 7.58. The molecule has 0 radical (unpaired) electrons. The maximum Gasteiger partial charge on any atom is 0.352 e. The molecule has 0 spiro atoms. The van der Waals surface area contributed by atoms with Gasteiger partial charge in [0.05, 0.1) is 0 Å². The second-order valence-electron chi connectivity index (χ2n) is 2.47. The molecule has 1 aromatic heterocycles. The van der Waals surface area contributed by atoms with Gasteiger partial charge in [-0.3, -0.25) is 0 Å². The summed E-state index contributed by atoms with van der Waals surface area (Å²) < 4.78 is 22.7. The molecule has 0 saturated carbocycles. The third kappa shape index (κ3) is 1.70. The molecule has 3 N–H and O–H groups in total. The van der Waals surface area contributed by atoms with Crippen molar-refractivity contribution in [1.82, 2.24) is 4.57 Å². The van der Waals surface area contributed by atoms with Gasteiger partial charge in [0.2, 0.25) is 0 Å².